The second-order valence-corrected chi connectivity index (χ2v) is 5.88. The van der Waals surface area contributed by atoms with Crippen LogP contribution in [0.3, 0.4) is 0 Å². The lowest BCUT2D eigenvalue weighted by Gasteiger charge is -2.12. The summed E-state index contributed by atoms with van der Waals surface area (Å²) in [4.78, 5) is 16.5. The molecule has 0 aliphatic rings. The standard InChI is InChI=1S/C16H21N3OS.ClH/c1-4-17-12(3)9-18-15(20)14-10-21-16(19-14)13-8-6-5-7-11(13)2;/h5-8,10,12,17H,4,9H2,1-3H3,(H,18,20);1H/t12-;/m1./s1. The zero-order valence-electron chi connectivity index (χ0n) is 13.1. The third kappa shape index (κ3) is 4.80. The number of aromatic nitrogens is 1. The van der Waals surface area contributed by atoms with Gasteiger partial charge < -0.3 is 10.6 Å². The molecule has 1 atom stereocenters. The van der Waals surface area contributed by atoms with Crippen LogP contribution in [0.1, 0.15) is 29.9 Å². The van der Waals surface area contributed by atoms with Crippen molar-refractivity contribution in [1.29, 1.82) is 0 Å². The van der Waals surface area contributed by atoms with E-state index in [0.717, 1.165) is 17.1 Å². The molecule has 2 N–H and O–H groups in total. The van der Waals surface area contributed by atoms with Gasteiger partial charge in [0.15, 0.2) is 0 Å². The molecule has 22 heavy (non-hydrogen) atoms. The van der Waals surface area contributed by atoms with Gasteiger partial charge in [-0.15, -0.1) is 23.7 Å². The Morgan fingerprint density at radius 1 is 1.36 bits per heavy atom. The molecule has 0 aliphatic carbocycles. The Labute approximate surface area is 141 Å². The molecule has 0 spiro atoms. The number of carbonyl (C=O) groups is 1. The van der Waals surface area contributed by atoms with E-state index < -0.39 is 0 Å². The topological polar surface area (TPSA) is 54.0 Å². The third-order valence-electron chi connectivity index (χ3n) is 3.23. The number of amides is 1. The average Bonchev–Trinajstić information content (AvgIpc) is 2.95. The first-order chi connectivity index (χ1) is 10.1. The SMILES string of the molecule is CCN[C@H](C)CNC(=O)c1csc(-c2ccccc2C)n1.Cl. The Balaban J connectivity index is 0.00000242. The Hall–Kier alpha value is -1.43. The summed E-state index contributed by atoms with van der Waals surface area (Å²) in [5.41, 5.74) is 2.74. The van der Waals surface area contributed by atoms with Crippen LogP contribution in [0.15, 0.2) is 29.6 Å². The van der Waals surface area contributed by atoms with E-state index in [-0.39, 0.29) is 24.4 Å². The van der Waals surface area contributed by atoms with E-state index in [4.69, 9.17) is 0 Å². The Morgan fingerprint density at radius 2 is 2.09 bits per heavy atom. The van der Waals surface area contributed by atoms with Gasteiger partial charge >= 0.3 is 0 Å². The van der Waals surface area contributed by atoms with Crippen molar-refractivity contribution in [2.45, 2.75) is 26.8 Å². The van der Waals surface area contributed by atoms with Crippen LogP contribution in [0.5, 0.6) is 0 Å². The maximum Gasteiger partial charge on any atom is 0.270 e. The Morgan fingerprint density at radius 3 is 2.77 bits per heavy atom. The van der Waals surface area contributed by atoms with Crippen molar-refractivity contribution in [1.82, 2.24) is 15.6 Å². The van der Waals surface area contributed by atoms with E-state index in [1.165, 1.54) is 16.9 Å². The van der Waals surface area contributed by atoms with Gasteiger partial charge in [-0.1, -0.05) is 31.2 Å². The molecule has 0 radical (unpaired) electrons. The van der Waals surface area contributed by atoms with Gasteiger partial charge in [0.1, 0.15) is 10.7 Å². The molecule has 0 saturated carbocycles. The second kappa shape index (κ2) is 8.88. The number of hydrogen-bond donors (Lipinski definition) is 2. The first-order valence-electron chi connectivity index (χ1n) is 7.15. The van der Waals surface area contributed by atoms with Gasteiger partial charge in [0.05, 0.1) is 0 Å². The summed E-state index contributed by atoms with van der Waals surface area (Å²) in [5, 5.41) is 8.87. The van der Waals surface area contributed by atoms with Crippen LogP contribution >= 0.6 is 23.7 Å². The van der Waals surface area contributed by atoms with Crippen LogP contribution in [0.25, 0.3) is 10.6 Å². The molecular weight excluding hydrogens is 318 g/mol. The lowest BCUT2D eigenvalue weighted by molar-refractivity contribution is 0.0946. The average molecular weight is 340 g/mol. The number of rotatable bonds is 6. The fraction of sp³-hybridized carbons (Fsp3) is 0.375. The van der Waals surface area contributed by atoms with Crippen molar-refractivity contribution in [3.05, 3.63) is 40.9 Å². The summed E-state index contributed by atoms with van der Waals surface area (Å²) in [5.74, 6) is -0.115. The maximum absolute atomic E-state index is 12.1. The van der Waals surface area contributed by atoms with Gasteiger partial charge in [0, 0.05) is 23.5 Å². The number of aryl methyl sites for hydroxylation is 1. The lowest BCUT2D eigenvalue weighted by Crippen LogP contribution is -2.38. The monoisotopic (exact) mass is 339 g/mol. The number of nitrogens with zero attached hydrogens (tertiary/aromatic N) is 1. The molecule has 6 heteroatoms. The molecule has 0 bridgehead atoms. The third-order valence-corrected chi connectivity index (χ3v) is 4.11. The van der Waals surface area contributed by atoms with Crippen molar-refractivity contribution in [3.63, 3.8) is 0 Å². The fourth-order valence-electron chi connectivity index (χ4n) is 2.07. The van der Waals surface area contributed by atoms with Crippen molar-refractivity contribution >= 4 is 29.7 Å². The molecule has 1 amide bonds. The minimum absolute atomic E-state index is 0. The van der Waals surface area contributed by atoms with E-state index in [0.29, 0.717) is 12.2 Å². The van der Waals surface area contributed by atoms with Gasteiger partial charge in [0.25, 0.3) is 5.91 Å². The summed E-state index contributed by atoms with van der Waals surface area (Å²) >= 11 is 1.50. The quantitative estimate of drug-likeness (QED) is 0.849. The van der Waals surface area contributed by atoms with E-state index in [9.17, 15) is 4.79 Å². The number of halogens is 1. The predicted octanol–water partition coefficient (Wildman–Crippen LogP) is 3.27. The van der Waals surface area contributed by atoms with Gasteiger partial charge in [-0.05, 0) is 26.0 Å². The second-order valence-electron chi connectivity index (χ2n) is 5.02. The molecule has 2 rings (SSSR count). The van der Waals surface area contributed by atoms with E-state index in [2.05, 4.69) is 28.6 Å². The number of nitrogens with one attached hydrogen (secondary N) is 2. The van der Waals surface area contributed by atoms with E-state index in [1.807, 2.05) is 37.4 Å². The van der Waals surface area contributed by atoms with Crippen molar-refractivity contribution in [2.75, 3.05) is 13.1 Å². The van der Waals surface area contributed by atoms with Gasteiger partial charge in [0.2, 0.25) is 0 Å². The largest absolute Gasteiger partial charge is 0.349 e. The predicted molar refractivity (Wildman–Crippen MR) is 95.0 cm³/mol. The summed E-state index contributed by atoms with van der Waals surface area (Å²) < 4.78 is 0. The van der Waals surface area contributed by atoms with Crippen LogP contribution < -0.4 is 10.6 Å². The highest BCUT2D eigenvalue weighted by molar-refractivity contribution is 7.13. The first kappa shape index (κ1) is 18.6. The Kier molecular flexibility index (Phi) is 7.51. The summed E-state index contributed by atoms with van der Waals surface area (Å²) in [7, 11) is 0. The van der Waals surface area contributed by atoms with Crippen molar-refractivity contribution in [2.24, 2.45) is 0 Å². The molecule has 0 aliphatic heterocycles. The summed E-state index contributed by atoms with van der Waals surface area (Å²) in [6.07, 6.45) is 0. The van der Waals surface area contributed by atoms with Gasteiger partial charge in [-0.2, -0.15) is 0 Å². The minimum Gasteiger partial charge on any atom is -0.349 e. The number of likely N-dealkylation sites (N-methyl/N-ethyl adjacent to an activating group) is 1. The molecule has 1 heterocycles. The van der Waals surface area contributed by atoms with Crippen LogP contribution in [0.2, 0.25) is 0 Å². The van der Waals surface area contributed by atoms with Crippen LogP contribution in [0.4, 0.5) is 0 Å². The van der Waals surface area contributed by atoms with Crippen molar-refractivity contribution < 1.29 is 4.79 Å². The van der Waals surface area contributed by atoms with E-state index in [1.54, 1.807) is 0 Å². The maximum atomic E-state index is 12.1. The van der Waals surface area contributed by atoms with Crippen molar-refractivity contribution in [3.8, 4) is 10.6 Å². The molecule has 0 unspecified atom stereocenters. The van der Waals surface area contributed by atoms with Crippen LogP contribution in [-0.4, -0.2) is 30.0 Å². The number of carbonyl (C=O) groups excluding carboxylic acids is 1. The molecule has 2 aromatic rings. The zero-order chi connectivity index (χ0) is 15.2. The highest BCUT2D eigenvalue weighted by atomic mass is 35.5. The molecule has 120 valence electrons. The fourth-order valence-corrected chi connectivity index (χ4v) is 2.96. The molecule has 1 aromatic carbocycles. The molecule has 4 nitrogen and oxygen atoms in total. The van der Waals surface area contributed by atoms with Crippen LogP contribution in [-0.2, 0) is 0 Å². The number of thiazole rings is 1. The Bertz CT molecular complexity index is 615. The normalized spacial score (nSPS) is 11.6. The first-order valence-corrected chi connectivity index (χ1v) is 8.03. The minimum atomic E-state index is -0.115. The number of hydrogen-bond acceptors (Lipinski definition) is 4. The van der Waals surface area contributed by atoms with E-state index >= 15 is 0 Å². The summed E-state index contributed by atoms with van der Waals surface area (Å²) in [6.45, 7) is 7.64. The smallest absolute Gasteiger partial charge is 0.270 e. The molecule has 1 aromatic heterocycles. The molecule has 0 fully saturated rings. The molecular formula is C16H22ClN3OS. The number of benzene rings is 1. The highest BCUT2D eigenvalue weighted by Crippen LogP contribution is 2.26. The van der Waals surface area contributed by atoms with Crippen LogP contribution in [0, 0.1) is 6.92 Å². The highest BCUT2D eigenvalue weighted by Gasteiger charge is 2.13. The summed E-state index contributed by atoms with van der Waals surface area (Å²) in [6, 6.07) is 8.33. The molecule has 0 saturated heterocycles. The van der Waals surface area contributed by atoms with Gasteiger partial charge in [-0.25, -0.2) is 4.98 Å². The van der Waals surface area contributed by atoms with Gasteiger partial charge in [-0.3, -0.25) is 4.79 Å². The zero-order valence-corrected chi connectivity index (χ0v) is 14.7. The lowest BCUT2D eigenvalue weighted by atomic mass is 10.1.